The first kappa shape index (κ1) is 10.8. The minimum Gasteiger partial charge on any atom is -0.379 e. The van der Waals surface area contributed by atoms with E-state index in [2.05, 4.69) is 24.9 Å². The van der Waals surface area contributed by atoms with Gasteiger partial charge in [0.25, 0.3) is 0 Å². The van der Waals surface area contributed by atoms with Crippen LogP contribution in [0.1, 0.15) is 31.7 Å². The van der Waals surface area contributed by atoms with Crippen molar-refractivity contribution in [2.75, 3.05) is 0 Å². The van der Waals surface area contributed by atoms with Crippen LogP contribution in [0.4, 0.5) is 0 Å². The van der Waals surface area contributed by atoms with Crippen molar-refractivity contribution in [1.82, 2.24) is 4.98 Å². The topological polar surface area (TPSA) is 33.1 Å². The Bertz CT molecular complexity index is 345. The van der Waals surface area contributed by atoms with Crippen LogP contribution in [0, 0.1) is 11.8 Å². The zero-order valence-electron chi connectivity index (χ0n) is 9.18. The smallest absolute Gasteiger partial charge is 0.134 e. The Morgan fingerprint density at radius 2 is 2.40 bits per heavy atom. The third-order valence-corrected chi connectivity index (χ3v) is 4.08. The highest BCUT2D eigenvalue weighted by molar-refractivity contribution is 7.09. The third-order valence-electron chi connectivity index (χ3n) is 3.14. The van der Waals surface area contributed by atoms with Gasteiger partial charge in [0, 0.05) is 11.6 Å². The lowest BCUT2D eigenvalue weighted by Crippen LogP contribution is -2.28. The van der Waals surface area contributed by atoms with E-state index in [1.807, 2.05) is 11.5 Å². The van der Waals surface area contributed by atoms with Crippen molar-refractivity contribution < 1.29 is 5.11 Å². The first-order valence-corrected chi connectivity index (χ1v) is 6.31. The second-order valence-electron chi connectivity index (χ2n) is 4.57. The van der Waals surface area contributed by atoms with Gasteiger partial charge in [-0.3, -0.25) is 0 Å². The second-order valence-corrected chi connectivity index (χ2v) is 5.46. The molecule has 2 atom stereocenters. The van der Waals surface area contributed by atoms with Crippen LogP contribution in [0.2, 0.25) is 0 Å². The molecular weight excluding hydrogens is 206 g/mol. The van der Waals surface area contributed by atoms with Crippen LogP contribution in [0.3, 0.4) is 0 Å². The van der Waals surface area contributed by atoms with Crippen molar-refractivity contribution in [2.45, 2.75) is 32.3 Å². The quantitative estimate of drug-likeness (QED) is 0.782. The fourth-order valence-corrected chi connectivity index (χ4v) is 2.77. The summed E-state index contributed by atoms with van der Waals surface area (Å²) in [6, 6.07) is 0. The summed E-state index contributed by atoms with van der Waals surface area (Å²) in [4.78, 5) is 4.20. The van der Waals surface area contributed by atoms with Gasteiger partial charge in [-0.05, 0) is 30.8 Å². The maximum Gasteiger partial charge on any atom is 0.134 e. The molecule has 0 aromatic carbocycles. The van der Waals surface area contributed by atoms with Crippen LogP contribution >= 0.6 is 11.3 Å². The highest BCUT2D eigenvalue weighted by atomic mass is 32.1. The molecule has 1 aromatic heterocycles. The van der Waals surface area contributed by atoms with E-state index in [1.54, 1.807) is 6.20 Å². The minimum atomic E-state index is -0.806. The molecular formula is C12H17NOS. The molecule has 0 amide bonds. The Kier molecular flexibility index (Phi) is 2.94. The number of aromatic nitrogens is 1. The normalized spacial score (nSPS) is 31.1. The molecule has 0 bridgehead atoms. The highest BCUT2D eigenvalue weighted by Crippen LogP contribution is 2.37. The first-order chi connectivity index (χ1) is 7.12. The van der Waals surface area contributed by atoms with Crippen molar-refractivity contribution in [3.05, 3.63) is 28.7 Å². The third kappa shape index (κ3) is 2.13. The predicted octanol–water partition coefficient (Wildman–Crippen LogP) is 2.95. The average Bonchev–Trinajstić information content (AvgIpc) is 2.71. The molecule has 2 rings (SSSR count). The molecule has 1 heterocycles. The fourth-order valence-electron chi connectivity index (χ4n) is 2.02. The second kappa shape index (κ2) is 4.06. The minimum absolute atomic E-state index is 0.602. The number of aliphatic hydroxyl groups is 1. The molecule has 82 valence electrons. The number of hydrogen-bond acceptors (Lipinski definition) is 3. The van der Waals surface area contributed by atoms with Gasteiger partial charge >= 0.3 is 0 Å². The van der Waals surface area contributed by atoms with E-state index in [0.717, 1.165) is 17.8 Å². The van der Waals surface area contributed by atoms with E-state index in [0.29, 0.717) is 11.8 Å². The van der Waals surface area contributed by atoms with E-state index in [1.165, 1.54) is 11.3 Å². The molecule has 0 fully saturated rings. The van der Waals surface area contributed by atoms with Crippen LogP contribution < -0.4 is 0 Å². The van der Waals surface area contributed by atoms with Crippen molar-refractivity contribution in [3.8, 4) is 0 Å². The average molecular weight is 223 g/mol. The van der Waals surface area contributed by atoms with Crippen molar-refractivity contribution in [3.63, 3.8) is 0 Å². The largest absolute Gasteiger partial charge is 0.379 e. The number of nitrogens with zero attached hydrogens (tertiary/aromatic N) is 1. The summed E-state index contributed by atoms with van der Waals surface area (Å²) in [6.07, 6.45) is 7.67. The van der Waals surface area contributed by atoms with Gasteiger partial charge in [0.05, 0.1) is 0 Å². The van der Waals surface area contributed by atoms with Crippen LogP contribution in [-0.2, 0) is 5.60 Å². The van der Waals surface area contributed by atoms with Gasteiger partial charge in [-0.15, -0.1) is 11.3 Å². The number of allylic oxidation sites excluding steroid dienone is 1. The van der Waals surface area contributed by atoms with Crippen LogP contribution in [0.25, 0.3) is 0 Å². The van der Waals surface area contributed by atoms with Crippen LogP contribution in [0.5, 0.6) is 0 Å². The van der Waals surface area contributed by atoms with Gasteiger partial charge in [-0.1, -0.05) is 19.9 Å². The van der Waals surface area contributed by atoms with Crippen molar-refractivity contribution >= 4 is 11.3 Å². The maximum atomic E-state index is 10.4. The zero-order valence-corrected chi connectivity index (χ0v) is 10.00. The molecule has 0 saturated heterocycles. The lowest BCUT2D eigenvalue weighted by Gasteiger charge is -2.30. The van der Waals surface area contributed by atoms with Gasteiger partial charge in [-0.2, -0.15) is 0 Å². The molecule has 1 N–H and O–H groups in total. The SMILES string of the molecule is CC(C)C1C=CC(O)(c2nccs2)CC1. The van der Waals surface area contributed by atoms with Gasteiger partial charge < -0.3 is 5.11 Å². The molecule has 2 nitrogen and oxygen atoms in total. The monoisotopic (exact) mass is 223 g/mol. The lowest BCUT2D eigenvalue weighted by molar-refractivity contribution is 0.0628. The molecule has 0 saturated carbocycles. The first-order valence-electron chi connectivity index (χ1n) is 5.43. The summed E-state index contributed by atoms with van der Waals surface area (Å²) >= 11 is 1.53. The molecule has 15 heavy (non-hydrogen) atoms. The van der Waals surface area contributed by atoms with Crippen LogP contribution in [-0.4, -0.2) is 10.1 Å². The molecule has 0 aliphatic heterocycles. The van der Waals surface area contributed by atoms with Crippen LogP contribution in [0.15, 0.2) is 23.7 Å². The summed E-state index contributed by atoms with van der Waals surface area (Å²) in [5.74, 6) is 1.26. The molecule has 0 radical (unpaired) electrons. The molecule has 1 aromatic rings. The summed E-state index contributed by atoms with van der Waals surface area (Å²) in [5.41, 5.74) is -0.806. The zero-order chi connectivity index (χ0) is 10.9. The van der Waals surface area contributed by atoms with Crippen molar-refractivity contribution in [2.24, 2.45) is 11.8 Å². The summed E-state index contributed by atoms with van der Waals surface area (Å²) < 4.78 is 0. The van der Waals surface area contributed by atoms with E-state index in [9.17, 15) is 5.11 Å². The van der Waals surface area contributed by atoms with E-state index >= 15 is 0 Å². The Morgan fingerprint density at radius 3 is 2.87 bits per heavy atom. The molecule has 3 heteroatoms. The Balaban J connectivity index is 2.17. The molecule has 1 aliphatic rings. The van der Waals surface area contributed by atoms with E-state index in [-0.39, 0.29) is 0 Å². The number of rotatable bonds is 2. The van der Waals surface area contributed by atoms with Gasteiger partial charge in [0.15, 0.2) is 0 Å². The van der Waals surface area contributed by atoms with Gasteiger partial charge in [0.1, 0.15) is 10.6 Å². The lowest BCUT2D eigenvalue weighted by atomic mass is 9.80. The number of hydrogen-bond donors (Lipinski definition) is 1. The summed E-state index contributed by atoms with van der Waals surface area (Å²) in [5, 5.41) is 13.1. The summed E-state index contributed by atoms with van der Waals surface area (Å²) in [6.45, 7) is 4.45. The Morgan fingerprint density at radius 1 is 1.60 bits per heavy atom. The molecule has 1 aliphatic carbocycles. The Hall–Kier alpha value is -0.670. The maximum absolute atomic E-state index is 10.4. The van der Waals surface area contributed by atoms with Gasteiger partial charge in [-0.25, -0.2) is 4.98 Å². The molecule has 0 spiro atoms. The van der Waals surface area contributed by atoms with Crippen molar-refractivity contribution in [1.29, 1.82) is 0 Å². The number of thiazole rings is 1. The highest BCUT2D eigenvalue weighted by Gasteiger charge is 2.33. The summed E-state index contributed by atoms with van der Waals surface area (Å²) in [7, 11) is 0. The Labute approximate surface area is 94.7 Å². The predicted molar refractivity (Wildman–Crippen MR) is 62.7 cm³/mol. The molecule has 2 unspecified atom stereocenters. The standard InChI is InChI=1S/C12H17NOS/c1-9(2)10-3-5-12(14,6-4-10)11-13-7-8-15-11/h3,5,7-10,14H,4,6H2,1-2H3. The fraction of sp³-hybridized carbons (Fsp3) is 0.583. The van der Waals surface area contributed by atoms with E-state index < -0.39 is 5.60 Å². The van der Waals surface area contributed by atoms with Gasteiger partial charge in [0.2, 0.25) is 0 Å². The van der Waals surface area contributed by atoms with E-state index in [4.69, 9.17) is 0 Å².